The van der Waals surface area contributed by atoms with Crippen molar-refractivity contribution in [1.82, 2.24) is 5.32 Å². The lowest BCUT2D eigenvalue weighted by atomic mass is 9.78. The smallest absolute Gasteiger partial charge is 0.157 e. The summed E-state index contributed by atoms with van der Waals surface area (Å²) in [6.07, 6.45) is 1.20. The Balaban J connectivity index is 1.62. The molecule has 17 heavy (non-hydrogen) atoms. The molecule has 1 aromatic rings. The van der Waals surface area contributed by atoms with E-state index < -0.39 is 0 Å². The Morgan fingerprint density at radius 3 is 2.94 bits per heavy atom. The third-order valence-electron chi connectivity index (χ3n) is 3.43. The maximum atomic E-state index is 4.71. The van der Waals surface area contributed by atoms with Crippen molar-refractivity contribution >= 4 is 16.9 Å². The second kappa shape index (κ2) is 4.05. The minimum Gasteiger partial charge on any atom is -0.359 e. The molecule has 0 amide bonds. The summed E-state index contributed by atoms with van der Waals surface area (Å²) in [4.78, 5) is 4.71. The first-order valence-corrected chi connectivity index (χ1v) is 7.16. The Kier molecular flexibility index (Phi) is 2.66. The van der Waals surface area contributed by atoms with E-state index in [1.165, 1.54) is 17.5 Å². The first kappa shape index (κ1) is 11.1. The number of nitrogens with zero attached hydrogens (tertiary/aromatic N) is 1. The van der Waals surface area contributed by atoms with Gasteiger partial charge in [0.15, 0.2) is 5.17 Å². The molecule has 2 nitrogen and oxygen atoms in total. The van der Waals surface area contributed by atoms with E-state index in [9.17, 15) is 0 Å². The van der Waals surface area contributed by atoms with E-state index >= 15 is 0 Å². The van der Waals surface area contributed by atoms with Crippen LogP contribution in [0.25, 0.3) is 0 Å². The Labute approximate surface area is 107 Å². The number of nitrogens with one attached hydrogen (secondary N) is 1. The molecule has 0 bridgehead atoms. The monoisotopic (exact) mass is 246 g/mol. The SMILES string of the molecule is CC1(C)CSC(=NCC2Cc3ccccc32)N1. The molecule has 0 spiro atoms. The molecule has 1 aromatic carbocycles. The van der Waals surface area contributed by atoms with Crippen molar-refractivity contribution in [3.63, 3.8) is 0 Å². The van der Waals surface area contributed by atoms with Crippen molar-refractivity contribution in [2.75, 3.05) is 12.3 Å². The summed E-state index contributed by atoms with van der Waals surface area (Å²) in [6, 6.07) is 8.72. The zero-order chi connectivity index (χ0) is 11.9. The number of benzene rings is 1. The fourth-order valence-corrected chi connectivity index (χ4v) is 3.50. The number of fused-ring (bicyclic) bond motifs is 1. The average molecular weight is 246 g/mol. The molecule has 2 aliphatic rings. The van der Waals surface area contributed by atoms with E-state index in [4.69, 9.17) is 4.99 Å². The highest BCUT2D eigenvalue weighted by atomic mass is 32.2. The van der Waals surface area contributed by atoms with Crippen LogP contribution in [-0.4, -0.2) is 23.0 Å². The lowest BCUT2D eigenvalue weighted by Gasteiger charge is -2.28. The highest BCUT2D eigenvalue weighted by Crippen LogP contribution is 2.35. The summed E-state index contributed by atoms with van der Waals surface area (Å²) in [6.45, 7) is 5.38. The van der Waals surface area contributed by atoms with Crippen LogP contribution < -0.4 is 5.32 Å². The lowest BCUT2D eigenvalue weighted by molar-refractivity contribution is 0.534. The van der Waals surface area contributed by atoms with E-state index in [0.717, 1.165) is 17.5 Å². The predicted molar refractivity (Wildman–Crippen MR) is 74.9 cm³/mol. The molecule has 1 aliphatic heterocycles. The van der Waals surface area contributed by atoms with Gasteiger partial charge in [-0.2, -0.15) is 0 Å². The summed E-state index contributed by atoms with van der Waals surface area (Å²) in [5.41, 5.74) is 3.21. The fraction of sp³-hybridized carbons (Fsp3) is 0.500. The molecule has 1 heterocycles. The second-order valence-corrected chi connectivity index (χ2v) is 6.51. The molecule has 3 heteroatoms. The van der Waals surface area contributed by atoms with Crippen LogP contribution in [0.1, 0.15) is 30.9 Å². The summed E-state index contributed by atoms with van der Waals surface area (Å²) >= 11 is 1.85. The maximum Gasteiger partial charge on any atom is 0.157 e. The van der Waals surface area contributed by atoms with Gasteiger partial charge in [-0.1, -0.05) is 36.0 Å². The van der Waals surface area contributed by atoms with Gasteiger partial charge in [-0.15, -0.1) is 0 Å². The van der Waals surface area contributed by atoms with E-state index in [2.05, 4.69) is 43.4 Å². The third-order valence-corrected chi connectivity index (χ3v) is 4.80. The minimum atomic E-state index is 0.209. The van der Waals surface area contributed by atoms with Gasteiger partial charge in [0.2, 0.25) is 0 Å². The second-order valence-electron chi connectivity index (χ2n) is 5.54. The van der Waals surface area contributed by atoms with Crippen LogP contribution in [0.5, 0.6) is 0 Å². The van der Waals surface area contributed by atoms with Gasteiger partial charge in [-0.05, 0) is 31.4 Å². The predicted octanol–water partition coefficient (Wildman–Crippen LogP) is 2.80. The molecule has 3 rings (SSSR count). The molecule has 1 aliphatic carbocycles. The first-order valence-electron chi connectivity index (χ1n) is 6.17. The summed E-state index contributed by atoms with van der Waals surface area (Å²) in [7, 11) is 0. The minimum absolute atomic E-state index is 0.209. The number of thioether (sulfide) groups is 1. The third kappa shape index (κ3) is 2.21. The van der Waals surface area contributed by atoms with Crippen LogP contribution in [-0.2, 0) is 6.42 Å². The fourth-order valence-electron chi connectivity index (χ4n) is 2.41. The molecule has 90 valence electrons. The van der Waals surface area contributed by atoms with Crippen molar-refractivity contribution in [3.8, 4) is 0 Å². The molecule has 1 saturated heterocycles. The Bertz CT molecular complexity index is 465. The normalized spacial score (nSPS) is 27.4. The van der Waals surface area contributed by atoms with Crippen molar-refractivity contribution in [2.24, 2.45) is 4.99 Å². The van der Waals surface area contributed by atoms with Gasteiger partial charge in [0.05, 0.1) is 0 Å². The number of hydrogen-bond donors (Lipinski definition) is 1. The number of amidine groups is 1. The van der Waals surface area contributed by atoms with Crippen molar-refractivity contribution in [1.29, 1.82) is 0 Å². The quantitative estimate of drug-likeness (QED) is 0.867. The topological polar surface area (TPSA) is 24.4 Å². The molecule has 1 N–H and O–H groups in total. The van der Waals surface area contributed by atoms with Crippen molar-refractivity contribution in [3.05, 3.63) is 35.4 Å². The maximum absolute atomic E-state index is 4.71. The Morgan fingerprint density at radius 1 is 1.41 bits per heavy atom. The summed E-state index contributed by atoms with van der Waals surface area (Å²) in [5.74, 6) is 1.76. The van der Waals surface area contributed by atoms with Crippen LogP contribution >= 0.6 is 11.8 Å². The summed E-state index contributed by atoms with van der Waals surface area (Å²) < 4.78 is 0. The highest BCUT2D eigenvalue weighted by Gasteiger charge is 2.29. The number of hydrogen-bond acceptors (Lipinski definition) is 2. The number of aliphatic imine (C=N–C) groups is 1. The van der Waals surface area contributed by atoms with Gasteiger partial charge < -0.3 is 5.32 Å². The standard InChI is InChI=1S/C14H18N2S/c1-14(2)9-17-13(16-14)15-8-11-7-10-5-3-4-6-12(10)11/h3-6,11H,7-9H2,1-2H3,(H,15,16). The molecule has 0 aromatic heterocycles. The van der Waals surface area contributed by atoms with Crippen molar-refractivity contribution < 1.29 is 0 Å². The molecule has 0 radical (unpaired) electrons. The van der Waals surface area contributed by atoms with E-state index in [0.29, 0.717) is 5.92 Å². The van der Waals surface area contributed by atoms with E-state index in [-0.39, 0.29) is 5.54 Å². The Morgan fingerprint density at radius 2 is 2.24 bits per heavy atom. The van der Waals surface area contributed by atoms with Gasteiger partial charge in [-0.25, -0.2) is 0 Å². The molecule has 1 atom stereocenters. The lowest BCUT2D eigenvalue weighted by Crippen LogP contribution is -2.37. The molecule has 1 unspecified atom stereocenters. The molecule has 1 fully saturated rings. The van der Waals surface area contributed by atoms with Crippen LogP contribution in [0.2, 0.25) is 0 Å². The van der Waals surface area contributed by atoms with Crippen LogP contribution in [0, 0.1) is 0 Å². The van der Waals surface area contributed by atoms with E-state index in [1.807, 2.05) is 11.8 Å². The number of rotatable bonds is 2. The van der Waals surface area contributed by atoms with Crippen molar-refractivity contribution in [2.45, 2.75) is 31.7 Å². The van der Waals surface area contributed by atoms with Gasteiger partial charge in [0.1, 0.15) is 0 Å². The van der Waals surface area contributed by atoms with Crippen LogP contribution in [0.4, 0.5) is 0 Å². The molecule has 0 saturated carbocycles. The average Bonchev–Trinajstić information content (AvgIpc) is 2.60. The zero-order valence-electron chi connectivity index (χ0n) is 10.4. The zero-order valence-corrected chi connectivity index (χ0v) is 11.2. The molecular weight excluding hydrogens is 228 g/mol. The van der Waals surface area contributed by atoms with Crippen LogP contribution in [0.15, 0.2) is 29.3 Å². The van der Waals surface area contributed by atoms with Gasteiger partial charge in [0, 0.05) is 23.8 Å². The van der Waals surface area contributed by atoms with E-state index in [1.54, 1.807) is 0 Å². The van der Waals surface area contributed by atoms with Gasteiger partial charge >= 0.3 is 0 Å². The van der Waals surface area contributed by atoms with Crippen LogP contribution in [0.3, 0.4) is 0 Å². The molecular formula is C14H18N2S. The Hall–Kier alpha value is -0.960. The van der Waals surface area contributed by atoms with Gasteiger partial charge in [-0.3, -0.25) is 4.99 Å². The van der Waals surface area contributed by atoms with Gasteiger partial charge in [0.25, 0.3) is 0 Å². The highest BCUT2D eigenvalue weighted by molar-refractivity contribution is 8.14. The largest absolute Gasteiger partial charge is 0.359 e. The summed E-state index contributed by atoms with van der Waals surface area (Å²) in [5, 5.41) is 4.60. The first-order chi connectivity index (χ1) is 8.14.